The third-order valence-electron chi connectivity index (χ3n) is 3.88. The van der Waals surface area contributed by atoms with Crippen molar-refractivity contribution in [2.45, 2.75) is 19.4 Å². The number of benzene rings is 1. The van der Waals surface area contributed by atoms with Crippen LogP contribution < -0.4 is 5.73 Å². The molecule has 2 rings (SSSR count). The van der Waals surface area contributed by atoms with E-state index < -0.39 is 0 Å². The lowest BCUT2D eigenvalue weighted by atomic mass is 9.97. The maximum atomic E-state index is 13.6. The molecule has 1 fully saturated rings. The standard InChI is InChI=1S/C15H22FN3O2/c1-21-10-11-2-4-19(5-3-11)9-12-6-13(15(17)18-20)8-14(16)7-12/h6-8,11,20H,2-5,9-10H2,1H3,(H2,17,18). The Labute approximate surface area is 124 Å². The van der Waals surface area contributed by atoms with Crippen molar-refractivity contribution in [3.05, 3.63) is 35.1 Å². The van der Waals surface area contributed by atoms with Crippen LogP contribution >= 0.6 is 0 Å². The van der Waals surface area contributed by atoms with Gasteiger partial charge < -0.3 is 15.7 Å². The van der Waals surface area contributed by atoms with Crippen LogP contribution in [0.25, 0.3) is 0 Å². The molecular formula is C15H22FN3O2. The largest absolute Gasteiger partial charge is 0.409 e. The molecule has 0 saturated carbocycles. The number of ether oxygens (including phenoxy) is 1. The molecule has 0 spiro atoms. The summed E-state index contributed by atoms with van der Waals surface area (Å²) in [6.45, 7) is 3.43. The first kappa shape index (κ1) is 15.7. The Morgan fingerprint density at radius 3 is 2.76 bits per heavy atom. The molecule has 1 aromatic rings. The molecule has 0 unspecified atom stereocenters. The van der Waals surface area contributed by atoms with Gasteiger partial charge >= 0.3 is 0 Å². The highest BCUT2D eigenvalue weighted by atomic mass is 19.1. The number of amidine groups is 1. The van der Waals surface area contributed by atoms with E-state index in [1.54, 1.807) is 13.2 Å². The zero-order valence-electron chi connectivity index (χ0n) is 12.3. The first-order valence-corrected chi connectivity index (χ1v) is 7.11. The summed E-state index contributed by atoms with van der Waals surface area (Å²) in [6, 6.07) is 4.53. The number of piperidine rings is 1. The van der Waals surface area contributed by atoms with Gasteiger partial charge in [-0.3, -0.25) is 4.90 Å². The second-order valence-corrected chi connectivity index (χ2v) is 5.51. The highest BCUT2D eigenvalue weighted by Gasteiger charge is 2.19. The molecule has 1 aliphatic rings. The van der Waals surface area contributed by atoms with Crippen LogP contribution in [0, 0.1) is 11.7 Å². The SMILES string of the molecule is COCC1CCN(Cc2cc(F)cc(/C(N)=N/O)c2)CC1. The van der Waals surface area contributed by atoms with Gasteiger partial charge in [0.25, 0.3) is 0 Å². The van der Waals surface area contributed by atoms with Crippen LogP contribution in [0.15, 0.2) is 23.4 Å². The number of halogens is 1. The number of methoxy groups -OCH3 is 1. The van der Waals surface area contributed by atoms with Crippen molar-refractivity contribution in [3.8, 4) is 0 Å². The van der Waals surface area contributed by atoms with Crippen molar-refractivity contribution in [2.75, 3.05) is 26.8 Å². The van der Waals surface area contributed by atoms with Crippen LogP contribution in [0.1, 0.15) is 24.0 Å². The summed E-state index contributed by atoms with van der Waals surface area (Å²) in [5.74, 6) is 0.171. The zero-order valence-corrected chi connectivity index (χ0v) is 12.3. The molecule has 0 aliphatic carbocycles. The lowest BCUT2D eigenvalue weighted by Crippen LogP contribution is -2.34. The Morgan fingerprint density at radius 1 is 1.43 bits per heavy atom. The normalized spacial score (nSPS) is 18.1. The maximum absolute atomic E-state index is 13.6. The second-order valence-electron chi connectivity index (χ2n) is 5.51. The van der Waals surface area contributed by atoms with Crippen molar-refractivity contribution >= 4 is 5.84 Å². The van der Waals surface area contributed by atoms with Gasteiger partial charge in [0.2, 0.25) is 0 Å². The lowest BCUT2D eigenvalue weighted by Gasteiger charge is -2.31. The number of nitrogens with two attached hydrogens (primary N) is 1. The van der Waals surface area contributed by atoms with E-state index in [4.69, 9.17) is 15.7 Å². The van der Waals surface area contributed by atoms with E-state index >= 15 is 0 Å². The third-order valence-corrected chi connectivity index (χ3v) is 3.88. The smallest absolute Gasteiger partial charge is 0.170 e. The molecule has 1 saturated heterocycles. The fraction of sp³-hybridized carbons (Fsp3) is 0.533. The number of likely N-dealkylation sites (tertiary alicyclic amines) is 1. The molecule has 0 bridgehead atoms. The van der Waals surface area contributed by atoms with Crippen LogP contribution in [-0.2, 0) is 11.3 Å². The van der Waals surface area contributed by atoms with Crippen molar-refractivity contribution in [3.63, 3.8) is 0 Å². The van der Waals surface area contributed by atoms with Crippen molar-refractivity contribution in [2.24, 2.45) is 16.8 Å². The van der Waals surface area contributed by atoms with E-state index in [0.717, 1.165) is 38.1 Å². The van der Waals surface area contributed by atoms with Gasteiger partial charge in [-0.2, -0.15) is 0 Å². The molecule has 1 aliphatic heterocycles. The van der Waals surface area contributed by atoms with E-state index in [0.29, 0.717) is 18.0 Å². The zero-order chi connectivity index (χ0) is 15.2. The van der Waals surface area contributed by atoms with E-state index in [2.05, 4.69) is 10.1 Å². The fourth-order valence-corrected chi connectivity index (χ4v) is 2.75. The molecule has 5 nitrogen and oxygen atoms in total. The van der Waals surface area contributed by atoms with Crippen molar-refractivity contribution < 1.29 is 14.3 Å². The number of hydrogen-bond acceptors (Lipinski definition) is 4. The number of nitrogens with zero attached hydrogens (tertiary/aromatic N) is 2. The highest BCUT2D eigenvalue weighted by Crippen LogP contribution is 2.20. The average Bonchev–Trinajstić information content (AvgIpc) is 2.48. The summed E-state index contributed by atoms with van der Waals surface area (Å²) < 4.78 is 18.8. The van der Waals surface area contributed by atoms with Gasteiger partial charge in [0.1, 0.15) is 5.82 Å². The quantitative estimate of drug-likeness (QED) is 0.376. The average molecular weight is 295 g/mol. The monoisotopic (exact) mass is 295 g/mol. The number of hydrogen-bond donors (Lipinski definition) is 2. The van der Waals surface area contributed by atoms with Crippen molar-refractivity contribution in [1.29, 1.82) is 0 Å². The predicted molar refractivity (Wildman–Crippen MR) is 78.8 cm³/mol. The Balaban J connectivity index is 1.99. The Hall–Kier alpha value is -1.66. The van der Waals surface area contributed by atoms with Gasteiger partial charge in [0.05, 0.1) is 0 Å². The van der Waals surface area contributed by atoms with Gasteiger partial charge in [-0.1, -0.05) is 5.16 Å². The topological polar surface area (TPSA) is 71.1 Å². The highest BCUT2D eigenvalue weighted by molar-refractivity contribution is 5.97. The summed E-state index contributed by atoms with van der Waals surface area (Å²) in [5.41, 5.74) is 6.76. The van der Waals surface area contributed by atoms with Gasteiger partial charge in [-0.05, 0) is 55.6 Å². The van der Waals surface area contributed by atoms with E-state index in [9.17, 15) is 4.39 Å². The van der Waals surface area contributed by atoms with E-state index in [1.165, 1.54) is 12.1 Å². The summed E-state index contributed by atoms with van der Waals surface area (Å²) in [5, 5.41) is 11.6. The van der Waals surface area contributed by atoms with Gasteiger partial charge in [0.15, 0.2) is 5.84 Å². The summed E-state index contributed by atoms with van der Waals surface area (Å²) >= 11 is 0. The molecule has 3 N–H and O–H groups in total. The van der Waals surface area contributed by atoms with Gasteiger partial charge in [-0.15, -0.1) is 0 Å². The Kier molecular flexibility index (Phi) is 5.52. The lowest BCUT2D eigenvalue weighted by molar-refractivity contribution is 0.0968. The minimum absolute atomic E-state index is 0.0745. The molecular weight excluding hydrogens is 273 g/mol. The number of oxime groups is 1. The summed E-state index contributed by atoms with van der Waals surface area (Å²) in [4.78, 5) is 2.29. The summed E-state index contributed by atoms with van der Waals surface area (Å²) in [6.07, 6.45) is 2.19. The van der Waals surface area contributed by atoms with Gasteiger partial charge in [0, 0.05) is 25.8 Å². The second kappa shape index (κ2) is 7.38. The molecule has 1 heterocycles. The fourth-order valence-electron chi connectivity index (χ4n) is 2.75. The minimum Gasteiger partial charge on any atom is -0.409 e. The van der Waals surface area contributed by atoms with Crippen LogP contribution in [0.4, 0.5) is 4.39 Å². The first-order chi connectivity index (χ1) is 10.1. The first-order valence-electron chi connectivity index (χ1n) is 7.11. The molecule has 21 heavy (non-hydrogen) atoms. The summed E-state index contributed by atoms with van der Waals surface area (Å²) in [7, 11) is 1.73. The van der Waals surface area contributed by atoms with Crippen LogP contribution in [0.2, 0.25) is 0 Å². The molecule has 116 valence electrons. The Morgan fingerprint density at radius 2 is 2.14 bits per heavy atom. The molecule has 6 heteroatoms. The minimum atomic E-state index is -0.372. The molecule has 0 atom stereocenters. The predicted octanol–water partition coefficient (Wildman–Crippen LogP) is 1.78. The van der Waals surface area contributed by atoms with Crippen LogP contribution in [0.5, 0.6) is 0 Å². The van der Waals surface area contributed by atoms with Crippen LogP contribution in [-0.4, -0.2) is 42.7 Å². The van der Waals surface area contributed by atoms with Gasteiger partial charge in [-0.25, -0.2) is 4.39 Å². The molecule has 1 aromatic carbocycles. The molecule has 0 radical (unpaired) electrons. The molecule has 0 aromatic heterocycles. The van der Waals surface area contributed by atoms with Crippen LogP contribution in [0.3, 0.4) is 0 Å². The maximum Gasteiger partial charge on any atom is 0.170 e. The van der Waals surface area contributed by atoms with E-state index in [1.807, 2.05) is 0 Å². The van der Waals surface area contributed by atoms with E-state index in [-0.39, 0.29) is 11.7 Å². The Bertz CT molecular complexity index is 500. The molecule has 0 amide bonds. The number of rotatable bonds is 5. The van der Waals surface area contributed by atoms with Crippen molar-refractivity contribution in [1.82, 2.24) is 4.90 Å². The third kappa shape index (κ3) is 4.41.